The molecular weight excluding hydrogens is 457 g/mol. The summed E-state index contributed by atoms with van der Waals surface area (Å²) in [5.74, 6) is -0.387. The molecule has 0 bridgehead atoms. The van der Waals surface area contributed by atoms with Crippen LogP contribution in [0.15, 0.2) is 71.6 Å². The number of alkyl halides is 3. The first-order valence-corrected chi connectivity index (χ1v) is 11.1. The van der Waals surface area contributed by atoms with Gasteiger partial charge in [-0.3, -0.25) is 9.10 Å². The number of carbonyl (C=O) groups is 1. The van der Waals surface area contributed by atoms with Gasteiger partial charge in [-0.2, -0.15) is 13.2 Å². The molecule has 0 aliphatic carbocycles. The average Bonchev–Trinajstić information content (AvgIpc) is 2.78. The summed E-state index contributed by atoms with van der Waals surface area (Å²) in [4.78, 5) is 12.6. The number of carbonyl (C=O) groups excluding carboxylic acids is 1. The topological polar surface area (TPSA) is 75.7 Å². The van der Waals surface area contributed by atoms with Gasteiger partial charge < -0.3 is 10.1 Å². The zero-order chi connectivity index (χ0) is 24.4. The van der Waals surface area contributed by atoms with E-state index in [9.17, 15) is 26.4 Å². The first kappa shape index (κ1) is 24.1. The molecule has 0 spiro atoms. The van der Waals surface area contributed by atoms with E-state index in [1.54, 1.807) is 31.2 Å². The lowest BCUT2D eigenvalue weighted by Crippen LogP contribution is -2.27. The van der Waals surface area contributed by atoms with Crippen molar-refractivity contribution in [3.8, 4) is 5.75 Å². The Morgan fingerprint density at radius 2 is 1.70 bits per heavy atom. The Kier molecular flexibility index (Phi) is 6.68. The van der Waals surface area contributed by atoms with Gasteiger partial charge in [0.25, 0.3) is 15.9 Å². The first-order valence-electron chi connectivity index (χ1n) is 9.66. The lowest BCUT2D eigenvalue weighted by atomic mass is 10.1. The zero-order valence-corrected chi connectivity index (χ0v) is 18.8. The van der Waals surface area contributed by atoms with Crippen LogP contribution in [-0.4, -0.2) is 28.5 Å². The van der Waals surface area contributed by atoms with Gasteiger partial charge in [0.15, 0.2) is 0 Å². The molecule has 0 aliphatic heterocycles. The number of amides is 1. The van der Waals surface area contributed by atoms with Crippen molar-refractivity contribution in [1.82, 2.24) is 0 Å². The number of ether oxygens (including phenoxy) is 1. The lowest BCUT2D eigenvalue weighted by molar-refractivity contribution is -0.137. The Morgan fingerprint density at radius 3 is 2.36 bits per heavy atom. The second-order valence-electron chi connectivity index (χ2n) is 7.15. The van der Waals surface area contributed by atoms with Gasteiger partial charge in [0, 0.05) is 18.3 Å². The highest BCUT2D eigenvalue weighted by Crippen LogP contribution is 2.32. The predicted molar refractivity (Wildman–Crippen MR) is 119 cm³/mol. The van der Waals surface area contributed by atoms with Crippen LogP contribution in [0, 0.1) is 6.92 Å². The molecule has 3 rings (SSSR count). The van der Waals surface area contributed by atoms with Crippen LogP contribution < -0.4 is 14.4 Å². The molecular formula is C23H21F3N2O4S. The number of para-hydroxylation sites is 2. The van der Waals surface area contributed by atoms with Crippen molar-refractivity contribution in [3.05, 3.63) is 83.4 Å². The quantitative estimate of drug-likeness (QED) is 0.535. The molecule has 0 radical (unpaired) electrons. The smallest absolute Gasteiger partial charge is 0.416 e. The minimum Gasteiger partial charge on any atom is -0.495 e. The summed E-state index contributed by atoms with van der Waals surface area (Å²) in [5, 5.41) is 2.40. The highest BCUT2D eigenvalue weighted by atomic mass is 32.2. The second kappa shape index (κ2) is 9.14. The van der Waals surface area contributed by atoms with E-state index in [0.29, 0.717) is 17.0 Å². The summed E-state index contributed by atoms with van der Waals surface area (Å²) in [6, 6.07) is 14.8. The van der Waals surface area contributed by atoms with Crippen LogP contribution in [-0.2, 0) is 16.2 Å². The minimum atomic E-state index is -4.56. The summed E-state index contributed by atoms with van der Waals surface area (Å²) >= 11 is 0. The van der Waals surface area contributed by atoms with Crippen LogP contribution in [0.1, 0.15) is 21.5 Å². The molecule has 1 N–H and O–H groups in total. The number of hydrogen-bond acceptors (Lipinski definition) is 4. The number of rotatable bonds is 6. The van der Waals surface area contributed by atoms with Crippen molar-refractivity contribution in [2.24, 2.45) is 0 Å². The summed E-state index contributed by atoms with van der Waals surface area (Å²) in [5.41, 5.74) is -0.198. The van der Waals surface area contributed by atoms with Gasteiger partial charge in [-0.25, -0.2) is 8.42 Å². The number of anilines is 2. The molecule has 0 unspecified atom stereocenters. The third-order valence-corrected chi connectivity index (χ3v) is 6.75. The van der Waals surface area contributed by atoms with Crippen molar-refractivity contribution < 1.29 is 31.1 Å². The molecule has 0 saturated carbocycles. The highest BCUT2D eigenvalue weighted by Gasteiger charge is 2.30. The molecule has 0 atom stereocenters. The molecule has 1 amide bonds. The summed E-state index contributed by atoms with van der Waals surface area (Å²) < 4.78 is 71.5. The van der Waals surface area contributed by atoms with Gasteiger partial charge >= 0.3 is 6.18 Å². The van der Waals surface area contributed by atoms with E-state index in [1.807, 2.05) is 0 Å². The average molecular weight is 478 g/mol. The molecule has 6 nitrogen and oxygen atoms in total. The van der Waals surface area contributed by atoms with Crippen molar-refractivity contribution in [2.45, 2.75) is 18.0 Å². The Balaban J connectivity index is 1.94. The molecule has 0 fully saturated rings. The van der Waals surface area contributed by atoms with Crippen LogP contribution in [0.2, 0.25) is 0 Å². The number of methoxy groups -OCH3 is 1. The van der Waals surface area contributed by atoms with E-state index in [-0.39, 0.29) is 16.1 Å². The molecule has 0 aromatic heterocycles. The van der Waals surface area contributed by atoms with E-state index >= 15 is 0 Å². The van der Waals surface area contributed by atoms with E-state index in [0.717, 1.165) is 16.4 Å². The van der Waals surface area contributed by atoms with E-state index < -0.39 is 27.7 Å². The Labute approximate surface area is 189 Å². The van der Waals surface area contributed by atoms with Crippen LogP contribution in [0.25, 0.3) is 0 Å². The fraction of sp³-hybridized carbons (Fsp3) is 0.174. The second-order valence-corrected chi connectivity index (χ2v) is 9.12. The predicted octanol–water partition coefficient (Wildman–Crippen LogP) is 5.10. The molecule has 174 valence electrons. The Morgan fingerprint density at radius 1 is 1.00 bits per heavy atom. The summed E-state index contributed by atoms with van der Waals surface area (Å²) in [7, 11) is -1.30. The van der Waals surface area contributed by atoms with Gasteiger partial charge in [-0.15, -0.1) is 0 Å². The van der Waals surface area contributed by atoms with Crippen LogP contribution in [0.5, 0.6) is 5.75 Å². The van der Waals surface area contributed by atoms with Gasteiger partial charge in [0.1, 0.15) is 5.75 Å². The first-order chi connectivity index (χ1) is 15.4. The van der Waals surface area contributed by atoms with Crippen molar-refractivity contribution in [2.75, 3.05) is 23.8 Å². The third kappa shape index (κ3) is 5.11. The number of nitrogens with zero attached hydrogens (tertiary/aromatic N) is 1. The Hall–Kier alpha value is -3.53. The molecule has 0 heterocycles. The monoisotopic (exact) mass is 478 g/mol. The molecule has 10 heteroatoms. The maximum atomic E-state index is 13.2. The van der Waals surface area contributed by atoms with Crippen LogP contribution in [0.3, 0.4) is 0 Å². The number of hydrogen-bond donors (Lipinski definition) is 1. The maximum Gasteiger partial charge on any atom is 0.416 e. The molecule has 3 aromatic carbocycles. The fourth-order valence-corrected chi connectivity index (χ4v) is 4.39. The number of halogens is 3. The van der Waals surface area contributed by atoms with Gasteiger partial charge in [-0.1, -0.05) is 24.3 Å². The SMILES string of the molecule is COc1ccccc1N(C)S(=O)(=O)c1ccc(C)c(C(=O)Nc2cccc(C(F)(F)F)c2)c1. The molecule has 33 heavy (non-hydrogen) atoms. The van der Waals surface area contributed by atoms with Crippen LogP contribution >= 0.6 is 0 Å². The van der Waals surface area contributed by atoms with Crippen LogP contribution in [0.4, 0.5) is 24.5 Å². The largest absolute Gasteiger partial charge is 0.495 e. The molecule has 3 aromatic rings. The maximum absolute atomic E-state index is 13.2. The lowest BCUT2D eigenvalue weighted by Gasteiger charge is -2.22. The number of benzene rings is 3. The number of aryl methyl sites for hydroxylation is 1. The summed E-state index contributed by atoms with van der Waals surface area (Å²) in [6.07, 6.45) is -4.56. The van der Waals surface area contributed by atoms with Crippen molar-refractivity contribution in [3.63, 3.8) is 0 Å². The normalized spacial score (nSPS) is 11.7. The number of nitrogens with one attached hydrogen (secondary N) is 1. The highest BCUT2D eigenvalue weighted by molar-refractivity contribution is 7.92. The van der Waals surface area contributed by atoms with Gasteiger partial charge in [0.05, 0.1) is 23.3 Å². The summed E-state index contributed by atoms with van der Waals surface area (Å²) in [6.45, 7) is 1.60. The van der Waals surface area contributed by atoms with Crippen molar-refractivity contribution >= 4 is 27.3 Å². The molecule has 0 aliphatic rings. The van der Waals surface area contributed by atoms with Crippen molar-refractivity contribution in [1.29, 1.82) is 0 Å². The van der Waals surface area contributed by atoms with E-state index in [1.165, 1.54) is 44.5 Å². The zero-order valence-electron chi connectivity index (χ0n) is 18.0. The van der Waals surface area contributed by atoms with Gasteiger partial charge in [-0.05, 0) is 55.0 Å². The standard InChI is InChI=1S/C23H21F3N2O4S/c1-15-11-12-18(33(30,31)28(2)20-9-4-5-10-21(20)32-3)14-19(15)22(29)27-17-8-6-7-16(13-17)23(24,25)26/h4-14H,1-3H3,(H,27,29). The molecule has 0 saturated heterocycles. The Bertz CT molecular complexity index is 1290. The van der Waals surface area contributed by atoms with Gasteiger partial charge in [0.2, 0.25) is 0 Å². The fourth-order valence-electron chi connectivity index (χ4n) is 3.16. The van der Waals surface area contributed by atoms with E-state index in [4.69, 9.17) is 4.74 Å². The minimum absolute atomic E-state index is 0.0157. The van der Waals surface area contributed by atoms with E-state index in [2.05, 4.69) is 5.32 Å². The number of sulfonamides is 1. The third-order valence-electron chi connectivity index (χ3n) is 4.98.